The number of fused-ring (bicyclic) bond motifs is 1. The Hall–Kier alpha value is -1.45. The van der Waals surface area contributed by atoms with Crippen LogP contribution in [-0.2, 0) is 6.54 Å². The van der Waals surface area contributed by atoms with Gasteiger partial charge in [-0.15, -0.1) is 0 Å². The molecule has 3 nitrogen and oxygen atoms in total. The lowest BCUT2D eigenvalue weighted by Gasteiger charge is -2.19. The van der Waals surface area contributed by atoms with E-state index >= 15 is 0 Å². The maximum Gasteiger partial charge on any atom is 0.0705 e. The summed E-state index contributed by atoms with van der Waals surface area (Å²) in [5.74, 6) is 0. The lowest BCUT2D eigenvalue weighted by molar-refractivity contribution is 0.288. The van der Waals surface area contributed by atoms with E-state index in [-0.39, 0.29) is 0 Å². The molecular weight excluding hydrogens is 222 g/mol. The van der Waals surface area contributed by atoms with E-state index in [1.165, 1.54) is 10.9 Å². The highest BCUT2D eigenvalue weighted by molar-refractivity contribution is 5.79. The topological polar surface area (TPSA) is 42.1 Å². The molecule has 0 atom stereocenters. The Labute approximate surface area is 109 Å². The minimum absolute atomic E-state index is 0.710. The molecule has 0 spiro atoms. The maximum absolute atomic E-state index is 5.61. The Morgan fingerprint density at radius 1 is 1.22 bits per heavy atom. The monoisotopic (exact) mass is 243 g/mol. The third-order valence-corrected chi connectivity index (χ3v) is 3.19. The van der Waals surface area contributed by atoms with Crippen LogP contribution in [0, 0.1) is 6.92 Å². The number of rotatable bonds is 5. The second kappa shape index (κ2) is 5.94. The van der Waals surface area contributed by atoms with E-state index in [0.29, 0.717) is 6.54 Å². The average Bonchev–Trinajstić information content (AvgIpc) is 2.38. The molecule has 0 saturated heterocycles. The van der Waals surface area contributed by atoms with Gasteiger partial charge in [0.15, 0.2) is 0 Å². The summed E-state index contributed by atoms with van der Waals surface area (Å²) in [5, 5.41) is 1.21. The minimum Gasteiger partial charge on any atom is -0.329 e. The van der Waals surface area contributed by atoms with Crippen LogP contribution in [0.2, 0.25) is 0 Å². The molecule has 1 heterocycles. The van der Waals surface area contributed by atoms with Crippen molar-refractivity contribution in [2.75, 3.05) is 19.6 Å². The number of benzene rings is 1. The molecule has 0 radical (unpaired) electrons. The van der Waals surface area contributed by atoms with Crippen LogP contribution < -0.4 is 5.73 Å². The number of hydrogen-bond acceptors (Lipinski definition) is 3. The highest BCUT2D eigenvalue weighted by atomic mass is 15.1. The van der Waals surface area contributed by atoms with E-state index in [4.69, 9.17) is 5.73 Å². The first-order valence-electron chi connectivity index (χ1n) is 6.51. The lowest BCUT2D eigenvalue weighted by atomic mass is 10.1. The van der Waals surface area contributed by atoms with Gasteiger partial charge in [-0.1, -0.05) is 19.1 Å². The molecule has 0 aliphatic heterocycles. The molecule has 2 rings (SSSR count). The molecule has 0 amide bonds. The molecule has 3 heteroatoms. The number of aromatic nitrogens is 1. The fourth-order valence-electron chi connectivity index (χ4n) is 2.17. The van der Waals surface area contributed by atoms with Crippen LogP contribution in [-0.4, -0.2) is 29.5 Å². The van der Waals surface area contributed by atoms with Gasteiger partial charge in [0.1, 0.15) is 0 Å². The Kier molecular flexibility index (Phi) is 4.28. The zero-order valence-electron chi connectivity index (χ0n) is 11.2. The molecule has 0 unspecified atom stereocenters. The van der Waals surface area contributed by atoms with Crippen molar-refractivity contribution in [3.05, 3.63) is 41.6 Å². The molecule has 0 bridgehead atoms. The third kappa shape index (κ3) is 3.06. The van der Waals surface area contributed by atoms with Crippen molar-refractivity contribution in [1.82, 2.24) is 9.88 Å². The summed E-state index contributed by atoms with van der Waals surface area (Å²) >= 11 is 0. The molecule has 2 N–H and O–H groups in total. The van der Waals surface area contributed by atoms with E-state index < -0.39 is 0 Å². The van der Waals surface area contributed by atoms with E-state index in [0.717, 1.165) is 30.8 Å². The van der Waals surface area contributed by atoms with Crippen molar-refractivity contribution in [3.8, 4) is 0 Å². The van der Waals surface area contributed by atoms with Crippen LogP contribution in [0.15, 0.2) is 30.3 Å². The predicted octanol–water partition coefficient (Wildman–Crippen LogP) is 2.32. The van der Waals surface area contributed by atoms with Crippen LogP contribution in [0.4, 0.5) is 0 Å². The van der Waals surface area contributed by atoms with E-state index in [9.17, 15) is 0 Å². The largest absolute Gasteiger partial charge is 0.329 e. The SMILES string of the molecule is CCN(CCN)Cc1ccc2nc(C)ccc2c1. The second-order valence-corrected chi connectivity index (χ2v) is 4.64. The summed E-state index contributed by atoms with van der Waals surface area (Å²) in [6.07, 6.45) is 0. The fraction of sp³-hybridized carbons (Fsp3) is 0.400. The fourth-order valence-corrected chi connectivity index (χ4v) is 2.17. The van der Waals surface area contributed by atoms with Gasteiger partial charge in [0.05, 0.1) is 5.52 Å². The summed E-state index contributed by atoms with van der Waals surface area (Å²) < 4.78 is 0. The quantitative estimate of drug-likeness (QED) is 0.876. The molecule has 0 aliphatic rings. The van der Waals surface area contributed by atoms with Gasteiger partial charge in [-0.3, -0.25) is 9.88 Å². The first-order chi connectivity index (χ1) is 8.72. The van der Waals surface area contributed by atoms with Gasteiger partial charge in [-0.2, -0.15) is 0 Å². The van der Waals surface area contributed by atoms with Crippen LogP contribution in [0.3, 0.4) is 0 Å². The van der Waals surface area contributed by atoms with Gasteiger partial charge in [0.25, 0.3) is 0 Å². The first-order valence-corrected chi connectivity index (χ1v) is 6.51. The Morgan fingerprint density at radius 2 is 2.06 bits per heavy atom. The highest BCUT2D eigenvalue weighted by Gasteiger charge is 2.04. The zero-order valence-corrected chi connectivity index (χ0v) is 11.2. The van der Waals surface area contributed by atoms with Crippen LogP contribution in [0.5, 0.6) is 0 Å². The summed E-state index contributed by atoms with van der Waals surface area (Å²) in [5.41, 5.74) is 9.07. The van der Waals surface area contributed by atoms with Crippen LogP contribution in [0.1, 0.15) is 18.2 Å². The van der Waals surface area contributed by atoms with Gasteiger partial charge >= 0.3 is 0 Å². The predicted molar refractivity (Wildman–Crippen MR) is 76.5 cm³/mol. The summed E-state index contributed by atoms with van der Waals surface area (Å²) in [4.78, 5) is 6.87. The van der Waals surface area contributed by atoms with Crippen molar-refractivity contribution in [3.63, 3.8) is 0 Å². The van der Waals surface area contributed by atoms with Crippen LogP contribution in [0.25, 0.3) is 10.9 Å². The highest BCUT2D eigenvalue weighted by Crippen LogP contribution is 2.16. The Bertz CT molecular complexity index is 522. The number of likely N-dealkylation sites (N-methyl/N-ethyl adjacent to an activating group) is 1. The molecule has 2 aromatic rings. The third-order valence-electron chi connectivity index (χ3n) is 3.19. The number of nitrogens with two attached hydrogens (primary N) is 1. The standard InChI is InChI=1S/C15H21N3/c1-3-18(9-8-16)11-13-5-7-15-14(10-13)6-4-12(2)17-15/h4-7,10H,3,8-9,11,16H2,1-2H3. The van der Waals surface area contributed by atoms with Crippen molar-refractivity contribution < 1.29 is 0 Å². The number of hydrogen-bond donors (Lipinski definition) is 1. The molecule has 0 fully saturated rings. The number of aryl methyl sites for hydroxylation is 1. The van der Waals surface area contributed by atoms with Gasteiger partial charge in [-0.05, 0) is 37.2 Å². The average molecular weight is 243 g/mol. The normalized spacial score (nSPS) is 11.3. The summed E-state index contributed by atoms with van der Waals surface area (Å²) in [6, 6.07) is 10.7. The van der Waals surface area contributed by atoms with Gasteiger partial charge in [0, 0.05) is 30.7 Å². The smallest absolute Gasteiger partial charge is 0.0705 e. The van der Waals surface area contributed by atoms with E-state index in [1.807, 2.05) is 6.92 Å². The van der Waals surface area contributed by atoms with Crippen molar-refractivity contribution in [1.29, 1.82) is 0 Å². The Balaban J connectivity index is 2.21. The molecule has 1 aromatic heterocycles. The van der Waals surface area contributed by atoms with E-state index in [1.54, 1.807) is 0 Å². The van der Waals surface area contributed by atoms with Gasteiger partial charge in [0.2, 0.25) is 0 Å². The maximum atomic E-state index is 5.61. The van der Waals surface area contributed by atoms with Crippen molar-refractivity contribution in [2.24, 2.45) is 5.73 Å². The molecule has 0 saturated carbocycles. The van der Waals surface area contributed by atoms with Crippen molar-refractivity contribution in [2.45, 2.75) is 20.4 Å². The summed E-state index contributed by atoms with van der Waals surface area (Å²) in [7, 11) is 0. The summed E-state index contributed by atoms with van der Waals surface area (Å²) in [6.45, 7) is 7.83. The molecule has 1 aromatic carbocycles. The van der Waals surface area contributed by atoms with Gasteiger partial charge in [-0.25, -0.2) is 0 Å². The van der Waals surface area contributed by atoms with Gasteiger partial charge < -0.3 is 5.73 Å². The number of nitrogens with zero attached hydrogens (tertiary/aromatic N) is 2. The lowest BCUT2D eigenvalue weighted by Crippen LogP contribution is -2.28. The molecular formula is C15H21N3. The Morgan fingerprint density at radius 3 is 2.78 bits per heavy atom. The molecule has 18 heavy (non-hydrogen) atoms. The first kappa shape index (κ1) is 13.0. The second-order valence-electron chi connectivity index (χ2n) is 4.64. The van der Waals surface area contributed by atoms with E-state index in [2.05, 4.69) is 47.1 Å². The van der Waals surface area contributed by atoms with Crippen molar-refractivity contribution >= 4 is 10.9 Å². The van der Waals surface area contributed by atoms with Crippen LogP contribution >= 0.6 is 0 Å². The zero-order chi connectivity index (χ0) is 13.0. The number of pyridine rings is 1. The molecule has 96 valence electrons. The minimum atomic E-state index is 0.710. The molecule has 0 aliphatic carbocycles.